The number of halogens is 2. The molecule has 0 aliphatic carbocycles. The largest absolute Gasteiger partial charge is 0.497 e. The minimum atomic E-state index is -0.796. The van der Waals surface area contributed by atoms with Crippen LogP contribution in [-0.2, 0) is 4.79 Å². The lowest BCUT2D eigenvalue weighted by Crippen LogP contribution is -2.41. The average molecular weight is 793 g/mol. The number of aromatic nitrogens is 4. The SMILES string of the molecule is COc1cc(F)c(C(=O)c2cnc(NC3CCN(C(C)=O)CC3)nc2N)c(OC)c1.COc1cc(F)c(C(=O)c2cnc(NC3CCNCC3)nc2N)c(OC)c1. The number of piperidine rings is 2. The van der Waals surface area contributed by atoms with Crippen LogP contribution in [0.5, 0.6) is 23.0 Å². The van der Waals surface area contributed by atoms with Crippen molar-refractivity contribution in [1.82, 2.24) is 30.2 Å². The Bertz CT molecular complexity index is 2090. The number of rotatable bonds is 12. The third-order valence-electron chi connectivity index (χ3n) is 9.49. The van der Waals surface area contributed by atoms with Gasteiger partial charge in [-0.3, -0.25) is 14.4 Å². The lowest BCUT2D eigenvalue weighted by atomic mass is 10.0. The maximum Gasteiger partial charge on any atom is 0.224 e. The molecule has 2 aromatic carbocycles. The van der Waals surface area contributed by atoms with Crippen molar-refractivity contribution in [3.8, 4) is 23.0 Å². The summed E-state index contributed by atoms with van der Waals surface area (Å²) in [5, 5.41) is 9.65. The molecule has 57 heavy (non-hydrogen) atoms. The third kappa shape index (κ3) is 10.1. The maximum atomic E-state index is 14.5. The molecule has 6 rings (SSSR count). The van der Waals surface area contributed by atoms with Crippen LogP contribution in [0.3, 0.4) is 0 Å². The van der Waals surface area contributed by atoms with E-state index in [1.165, 1.54) is 53.0 Å². The molecule has 1 amide bonds. The zero-order valence-corrected chi connectivity index (χ0v) is 32.3. The summed E-state index contributed by atoms with van der Waals surface area (Å²) in [6.45, 7) is 4.68. The van der Waals surface area contributed by atoms with Gasteiger partial charge >= 0.3 is 0 Å². The number of carbonyl (C=O) groups excluding carboxylic acids is 3. The van der Waals surface area contributed by atoms with Crippen molar-refractivity contribution in [2.45, 2.75) is 44.7 Å². The molecule has 2 aromatic heterocycles. The predicted octanol–water partition coefficient (Wildman–Crippen LogP) is 3.48. The molecule has 4 heterocycles. The van der Waals surface area contributed by atoms with Crippen LogP contribution in [0, 0.1) is 11.6 Å². The Hall–Kier alpha value is -6.37. The molecule has 17 nitrogen and oxygen atoms in total. The first-order valence-electron chi connectivity index (χ1n) is 18.0. The molecule has 0 unspecified atom stereocenters. The van der Waals surface area contributed by atoms with Crippen molar-refractivity contribution in [3.63, 3.8) is 0 Å². The number of nitrogens with zero attached hydrogens (tertiary/aromatic N) is 5. The molecule has 2 saturated heterocycles. The Balaban J connectivity index is 0.000000219. The lowest BCUT2D eigenvalue weighted by Gasteiger charge is -2.31. The molecule has 304 valence electrons. The zero-order chi connectivity index (χ0) is 41.2. The number of benzene rings is 2. The Labute approximate surface area is 327 Å². The molecule has 0 saturated carbocycles. The van der Waals surface area contributed by atoms with E-state index in [0.717, 1.165) is 50.9 Å². The number of methoxy groups -OCH3 is 4. The lowest BCUT2D eigenvalue weighted by molar-refractivity contribution is -0.129. The minimum Gasteiger partial charge on any atom is -0.497 e. The molecule has 2 aliphatic rings. The molecule has 2 fully saturated rings. The first-order chi connectivity index (χ1) is 27.4. The molecule has 0 bridgehead atoms. The number of carbonyl (C=O) groups is 3. The second kappa shape index (κ2) is 19.0. The van der Waals surface area contributed by atoms with Gasteiger partial charge in [-0.15, -0.1) is 0 Å². The summed E-state index contributed by atoms with van der Waals surface area (Å²) >= 11 is 0. The van der Waals surface area contributed by atoms with Gasteiger partial charge in [0.05, 0.1) is 39.6 Å². The summed E-state index contributed by atoms with van der Waals surface area (Å²) in [6.07, 6.45) is 5.95. The molecular formula is C38H46F2N10O7. The van der Waals surface area contributed by atoms with Gasteiger partial charge in [0.15, 0.2) is 0 Å². The third-order valence-corrected chi connectivity index (χ3v) is 9.49. The zero-order valence-electron chi connectivity index (χ0n) is 32.3. The number of likely N-dealkylation sites (tertiary alicyclic amines) is 1. The van der Waals surface area contributed by atoms with E-state index in [4.69, 9.17) is 30.4 Å². The van der Waals surface area contributed by atoms with E-state index in [2.05, 4.69) is 35.9 Å². The summed E-state index contributed by atoms with van der Waals surface area (Å²) in [5.74, 6) is -1.80. The van der Waals surface area contributed by atoms with E-state index in [0.29, 0.717) is 19.0 Å². The van der Waals surface area contributed by atoms with E-state index in [9.17, 15) is 23.2 Å². The van der Waals surface area contributed by atoms with Crippen molar-refractivity contribution in [2.24, 2.45) is 0 Å². The molecule has 7 N–H and O–H groups in total. The maximum absolute atomic E-state index is 14.5. The summed E-state index contributed by atoms with van der Waals surface area (Å²) in [7, 11) is 5.46. The fraction of sp³-hybridized carbons (Fsp3) is 0.395. The van der Waals surface area contributed by atoms with Crippen molar-refractivity contribution in [1.29, 1.82) is 0 Å². The van der Waals surface area contributed by atoms with Gasteiger partial charge in [0, 0.05) is 68.8 Å². The number of nitrogens with one attached hydrogen (secondary N) is 3. The summed E-state index contributed by atoms with van der Waals surface area (Å²) < 4.78 is 49.3. The number of anilines is 4. The highest BCUT2D eigenvalue weighted by atomic mass is 19.1. The molecule has 0 radical (unpaired) electrons. The monoisotopic (exact) mass is 792 g/mol. The van der Waals surface area contributed by atoms with Crippen LogP contribution < -0.4 is 46.4 Å². The van der Waals surface area contributed by atoms with Crippen molar-refractivity contribution >= 4 is 41.0 Å². The van der Waals surface area contributed by atoms with Gasteiger partial charge in [0.2, 0.25) is 29.4 Å². The first kappa shape index (κ1) is 41.8. The first-order valence-corrected chi connectivity index (χ1v) is 18.0. The van der Waals surface area contributed by atoms with Crippen molar-refractivity contribution in [2.75, 3.05) is 76.7 Å². The number of nitrogen functional groups attached to an aromatic ring is 2. The van der Waals surface area contributed by atoms with Crippen molar-refractivity contribution in [3.05, 3.63) is 70.5 Å². The highest BCUT2D eigenvalue weighted by Gasteiger charge is 2.27. The van der Waals surface area contributed by atoms with Crippen LogP contribution in [0.4, 0.5) is 32.3 Å². The second-order valence-corrected chi connectivity index (χ2v) is 13.1. The van der Waals surface area contributed by atoms with Gasteiger partial charge < -0.3 is 51.3 Å². The van der Waals surface area contributed by atoms with Gasteiger partial charge in [-0.05, 0) is 38.8 Å². The summed E-state index contributed by atoms with van der Waals surface area (Å²) in [6, 6.07) is 5.37. The van der Waals surface area contributed by atoms with E-state index in [-0.39, 0.29) is 80.8 Å². The van der Waals surface area contributed by atoms with Crippen LogP contribution in [0.2, 0.25) is 0 Å². The summed E-state index contributed by atoms with van der Waals surface area (Å²) in [4.78, 5) is 55.6. The minimum absolute atomic E-state index is 0.00762. The molecule has 4 aromatic rings. The van der Waals surface area contributed by atoms with E-state index < -0.39 is 23.2 Å². The average Bonchev–Trinajstić information content (AvgIpc) is 3.20. The predicted molar refractivity (Wildman–Crippen MR) is 207 cm³/mol. The van der Waals surface area contributed by atoms with Gasteiger partial charge in [0.1, 0.15) is 57.4 Å². The fourth-order valence-corrected chi connectivity index (χ4v) is 6.33. The quantitative estimate of drug-likeness (QED) is 0.129. The Morgan fingerprint density at radius 1 is 0.702 bits per heavy atom. The van der Waals surface area contributed by atoms with Crippen LogP contribution in [0.25, 0.3) is 0 Å². The highest BCUT2D eigenvalue weighted by Crippen LogP contribution is 2.32. The summed E-state index contributed by atoms with van der Waals surface area (Å²) in [5.41, 5.74) is 11.4. The van der Waals surface area contributed by atoms with Crippen LogP contribution in [0.15, 0.2) is 36.7 Å². The number of hydrogen-bond acceptors (Lipinski definition) is 16. The molecular weight excluding hydrogens is 746 g/mol. The Morgan fingerprint density at radius 3 is 1.49 bits per heavy atom. The van der Waals surface area contributed by atoms with E-state index in [1.54, 1.807) is 11.8 Å². The van der Waals surface area contributed by atoms with Gasteiger partial charge in [0.25, 0.3) is 0 Å². The Morgan fingerprint density at radius 2 is 1.12 bits per heavy atom. The molecule has 0 atom stereocenters. The van der Waals surface area contributed by atoms with E-state index >= 15 is 0 Å². The molecule has 0 spiro atoms. The van der Waals surface area contributed by atoms with Gasteiger partial charge in [-0.2, -0.15) is 9.97 Å². The number of amides is 1. The number of hydrogen-bond donors (Lipinski definition) is 5. The number of ether oxygens (including phenoxy) is 4. The topological polar surface area (TPSA) is 231 Å². The number of ketones is 2. The van der Waals surface area contributed by atoms with Gasteiger partial charge in [-0.1, -0.05) is 0 Å². The standard InChI is InChI=1S/C20H24FN5O4.C18H22FN5O3/c1-11(27)26-6-4-12(5-7-26)24-20-23-10-14(19(22)25-20)18(28)17-15(21)8-13(29-2)9-16(17)30-3;1-26-11-7-13(19)15(14(8-11)27-2)16(25)12-9-22-18(24-17(12)20)23-10-3-5-21-6-4-10/h8-10,12H,4-7H2,1-3H3,(H3,22,23,24,25);7-10,21H,3-6H2,1-2H3,(H3,20,22,23,24). The smallest absolute Gasteiger partial charge is 0.224 e. The van der Waals surface area contributed by atoms with Crippen LogP contribution >= 0.6 is 0 Å². The van der Waals surface area contributed by atoms with Crippen LogP contribution in [0.1, 0.15) is 64.4 Å². The molecule has 2 aliphatic heterocycles. The second-order valence-electron chi connectivity index (χ2n) is 13.1. The number of nitrogens with two attached hydrogens (primary N) is 2. The fourth-order valence-electron chi connectivity index (χ4n) is 6.33. The highest BCUT2D eigenvalue weighted by molar-refractivity contribution is 6.14. The van der Waals surface area contributed by atoms with Crippen LogP contribution in [-0.4, -0.2) is 109 Å². The Kier molecular flexibility index (Phi) is 13.9. The van der Waals surface area contributed by atoms with Crippen molar-refractivity contribution < 1.29 is 42.1 Å². The normalized spacial score (nSPS) is 14.5. The molecule has 19 heteroatoms. The van der Waals surface area contributed by atoms with E-state index in [1.807, 2.05) is 0 Å². The van der Waals surface area contributed by atoms with Gasteiger partial charge in [-0.25, -0.2) is 18.7 Å².